The summed E-state index contributed by atoms with van der Waals surface area (Å²) in [5.41, 5.74) is 0.162. The van der Waals surface area contributed by atoms with Crippen molar-refractivity contribution in [1.29, 1.82) is 0 Å². The molecule has 4 unspecified atom stereocenters. The zero-order valence-corrected chi connectivity index (χ0v) is 19.5. The lowest BCUT2D eigenvalue weighted by atomic mass is 10.1. The molecule has 1 aromatic heterocycles. The second kappa shape index (κ2) is 8.67. The number of amides is 1. The highest BCUT2D eigenvalue weighted by atomic mass is 31.2. The fourth-order valence-electron chi connectivity index (χ4n) is 3.13. The highest BCUT2D eigenvalue weighted by Gasteiger charge is 2.65. The first kappa shape index (κ1) is 24.5. The summed E-state index contributed by atoms with van der Waals surface area (Å²) in [6, 6.07) is 5.23. The summed E-state index contributed by atoms with van der Waals surface area (Å²) in [4.78, 5) is 27.3. The summed E-state index contributed by atoms with van der Waals surface area (Å²) >= 11 is 0. The quantitative estimate of drug-likeness (QED) is 0.619. The van der Waals surface area contributed by atoms with E-state index in [1.807, 2.05) is 0 Å². The van der Waals surface area contributed by atoms with Crippen LogP contribution in [0, 0.1) is 12.7 Å². The molecule has 0 saturated carbocycles. The minimum absolute atomic E-state index is 0.113. The van der Waals surface area contributed by atoms with Crippen LogP contribution >= 0.6 is 15.0 Å². The molecule has 2 aromatic rings. The molecule has 174 valence electrons. The summed E-state index contributed by atoms with van der Waals surface area (Å²) in [6.07, 6.45) is -0.306. The van der Waals surface area contributed by atoms with Crippen LogP contribution in [0.25, 0.3) is 0 Å². The monoisotopic (exact) mass is 488 g/mol. The maximum atomic E-state index is 14.9. The molecule has 1 aromatic carbocycles. The second-order valence-electron chi connectivity index (χ2n) is 7.62. The molecule has 10 nitrogen and oxygen atoms in total. The molecular formula is C19H23FN2O8P2. The molecule has 1 fully saturated rings. The number of rotatable bonds is 4. The molecular weight excluding hydrogens is 465 g/mol. The summed E-state index contributed by atoms with van der Waals surface area (Å²) in [6.45, 7) is 2.42. The van der Waals surface area contributed by atoms with Crippen LogP contribution in [0.15, 0.2) is 36.7 Å². The van der Waals surface area contributed by atoms with Crippen LogP contribution in [0.2, 0.25) is 0 Å². The van der Waals surface area contributed by atoms with Gasteiger partial charge in [-0.1, -0.05) is 6.07 Å². The van der Waals surface area contributed by atoms with Gasteiger partial charge in [0.1, 0.15) is 11.6 Å². The molecule has 0 aliphatic carbocycles. The molecule has 2 heterocycles. The smallest absolute Gasteiger partial charge is 0.410 e. The number of halogens is 1. The van der Waals surface area contributed by atoms with Gasteiger partial charge in [0.05, 0.1) is 0 Å². The fourth-order valence-corrected chi connectivity index (χ4v) is 7.43. The predicted molar refractivity (Wildman–Crippen MR) is 112 cm³/mol. The van der Waals surface area contributed by atoms with E-state index < -0.39 is 44.7 Å². The zero-order chi connectivity index (χ0) is 23.9. The van der Waals surface area contributed by atoms with Crippen LogP contribution in [-0.2, 0) is 24.6 Å². The number of ether oxygens (including phenoxy) is 1. The Balaban J connectivity index is 1.95. The van der Waals surface area contributed by atoms with Gasteiger partial charge in [-0.3, -0.25) is 23.2 Å². The van der Waals surface area contributed by atoms with E-state index in [9.17, 15) is 28.3 Å². The van der Waals surface area contributed by atoms with E-state index in [1.165, 1.54) is 45.5 Å². The van der Waals surface area contributed by atoms with E-state index in [2.05, 4.69) is 4.98 Å². The van der Waals surface area contributed by atoms with Crippen molar-refractivity contribution in [1.82, 2.24) is 9.88 Å². The van der Waals surface area contributed by atoms with E-state index >= 15 is 0 Å². The van der Waals surface area contributed by atoms with Crippen LogP contribution in [0.1, 0.15) is 23.0 Å². The van der Waals surface area contributed by atoms with Gasteiger partial charge in [-0.15, -0.1) is 0 Å². The molecule has 1 amide bonds. The first-order valence-electron chi connectivity index (χ1n) is 9.35. The van der Waals surface area contributed by atoms with Gasteiger partial charge in [0.2, 0.25) is 18.7 Å². The first-order chi connectivity index (χ1) is 14.8. The molecule has 1 saturated heterocycles. The Kier molecular flexibility index (Phi) is 6.64. The van der Waals surface area contributed by atoms with Gasteiger partial charge >= 0.3 is 13.7 Å². The van der Waals surface area contributed by atoms with Crippen molar-refractivity contribution in [3.05, 3.63) is 59.2 Å². The average Bonchev–Trinajstić information content (AvgIpc) is 2.66. The largest absolute Gasteiger partial charge is 0.414 e. The van der Waals surface area contributed by atoms with Crippen LogP contribution in [-0.4, -0.2) is 51.8 Å². The Bertz CT molecular complexity index is 1080. The van der Waals surface area contributed by atoms with E-state index in [4.69, 9.17) is 13.8 Å². The molecule has 2 N–H and O–H groups in total. The van der Waals surface area contributed by atoms with Crippen LogP contribution in [0.4, 0.5) is 9.18 Å². The van der Waals surface area contributed by atoms with E-state index in [0.717, 1.165) is 17.6 Å². The number of carbonyl (C=O) groups is 1. The van der Waals surface area contributed by atoms with E-state index in [0.29, 0.717) is 5.56 Å². The molecule has 0 spiro atoms. The average molecular weight is 488 g/mol. The SMILES string of the molecule is Cc1cc(OC(=O)N(C)C)cc(F)c1C1OP(C)(=O)C(O)(Cc2cccnc2)P(=O)(O)O1. The van der Waals surface area contributed by atoms with Crippen molar-refractivity contribution in [2.75, 3.05) is 20.8 Å². The van der Waals surface area contributed by atoms with Gasteiger partial charge in [-0.05, 0) is 30.2 Å². The normalized spacial score (nSPS) is 30.0. The van der Waals surface area contributed by atoms with Gasteiger partial charge in [-0.25, -0.2) is 9.18 Å². The second-order valence-corrected chi connectivity index (χ2v) is 12.6. The van der Waals surface area contributed by atoms with Gasteiger partial charge in [0, 0.05) is 51.2 Å². The van der Waals surface area contributed by atoms with E-state index in [-0.39, 0.29) is 16.9 Å². The first-order valence-corrected chi connectivity index (χ1v) is 13.0. The number of aryl methyl sites for hydroxylation is 1. The number of benzene rings is 1. The lowest BCUT2D eigenvalue weighted by Crippen LogP contribution is -2.38. The van der Waals surface area contributed by atoms with Gasteiger partial charge < -0.3 is 19.6 Å². The highest BCUT2D eigenvalue weighted by Crippen LogP contribution is 2.79. The van der Waals surface area contributed by atoms with Crippen molar-refractivity contribution in [2.45, 2.75) is 24.7 Å². The third kappa shape index (κ3) is 4.50. The lowest BCUT2D eigenvalue weighted by Gasteiger charge is -2.43. The maximum absolute atomic E-state index is 14.9. The number of aromatic nitrogens is 1. The van der Waals surface area contributed by atoms with Gasteiger partial charge in [-0.2, -0.15) is 0 Å². The predicted octanol–water partition coefficient (Wildman–Crippen LogP) is 3.62. The molecule has 3 rings (SSSR count). The Labute approximate surface area is 183 Å². The number of pyridine rings is 1. The molecule has 1 aliphatic rings. The van der Waals surface area contributed by atoms with E-state index in [1.54, 1.807) is 6.07 Å². The van der Waals surface area contributed by atoms with Gasteiger partial charge in [0.15, 0.2) is 0 Å². The molecule has 0 radical (unpaired) electrons. The minimum atomic E-state index is -5.02. The van der Waals surface area contributed by atoms with Crippen molar-refractivity contribution < 1.29 is 42.1 Å². The van der Waals surface area contributed by atoms with Crippen molar-refractivity contribution in [3.63, 3.8) is 0 Å². The number of hydrogen-bond acceptors (Lipinski definition) is 8. The molecule has 13 heteroatoms. The topological polar surface area (TPSA) is 135 Å². The summed E-state index contributed by atoms with van der Waals surface area (Å²) in [5, 5.41) is 8.21. The third-order valence-electron chi connectivity index (χ3n) is 4.92. The Morgan fingerprint density at radius 2 is 2.03 bits per heavy atom. The van der Waals surface area contributed by atoms with Crippen LogP contribution in [0.5, 0.6) is 5.75 Å². The Morgan fingerprint density at radius 1 is 1.34 bits per heavy atom. The molecule has 32 heavy (non-hydrogen) atoms. The number of nitrogens with zero attached hydrogens (tertiary/aromatic N) is 2. The lowest BCUT2D eigenvalue weighted by molar-refractivity contribution is -0.0461. The third-order valence-corrected chi connectivity index (χ3v) is 10.4. The van der Waals surface area contributed by atoms with Crippen molar-refractivity contribution in [2.24, 2.45) is 0 Å². The summed E-state index contributed by atoms with van der Waals surface area (Å²) < 4.78 is 56.7. The number of hydrogen-bond donors (Lipinski definition) is 2. The standard InChI is InChI=1S/C19H23FN2O8P2/c1-12-8-14(28-18(23)22(2)3)9-15(20)16(12)17-29-31(4,25)19(24,32(26,27)30-17)10-13-6-5-7-21-11-13/h5-9,11,17,24H,10H2,1-4H3,(H,26,27). The minimum Gasteiger partial charge on any atom is -0.410 e. The summed E-state index contributed by atoms with van der Waals surface area (Å²) in [5.74, 6) is -1.09. The number of aliphatic hydroxyl groups is 1. The molecule has 4 atom stereocenters. The zero-order valence-electron chi connectivity index (χ0n) is 17.8. The fraction of sp³-hybridized carbons (Fsp3) is 0.368. The Hall–Kier alpha value is -2.13. The van der Waals surface area contributed by atoms with Crippen molar-refractivity contribution >= 4 is 21.1 Å². The van der Waals surface area contributed by atoms with Crippen molar-refractivity contribution in [3.8, 4) is 5.75 Å². The number of carbonyl (C=O) groups excluding carboxylic acids is 1. The Morgan fingerprint density at radius 3 is 2.56 bits per heavy atom. The van der Waals surface area contributed by atoms with Crippen LogP contribution in [0.3, 0.4) is 0 Å². The highest BCUT2D eigenvalue weighted by molar-refractivity contribution is 7.75. The maximum Gasteiger partial charge on any atom is 0.414 e. The molecule has 0 bridgehead atoms. The summed E-state index contributed by atoms with van der Waals surface area (Å²) in [7, 11) is -6.39. The van der Waals surface area contributed by atoms with Crippen LogP contribution < -0.4 is 4.74 Å². The molecule has 1 aliphatic heterocycles. The van der Waals surface area contributed by atoms with Gasteiger partial charge in [0.25, 0.3) is 0 Å².